The van der Waals surface area contributed by atoms with Crippen LogP contribution in [-0.4, -0.2) is 20.3 Å². The highest BCUT2D eigenvalue weighted by Gasteiger charge is 2.15. The topological polar surface area (TPSA) is 18.5 Å². The molecule has 0 saturated carbocycles. The van der Waals surface area contributed by atoms with Crippen molar-refractivity contribution < 1.29 is 9.31 Å². The largest absolute Gasteiger partial charge is 0.485 e. The molecule has 8 heavy (non-hydrogen) atoms. The van der Waals surface area contributed by atoms with Gasteiger partial charge in [0.1, 0.15) is 0 Å². The van der Waals surface area contributed by atoms with Crippen molar-refractivity contribution in [3.05, 3.63) is 12.6 Å². The van der Waals surface area contributed by atoms with Gasteiger partial charge in [-0.05, 0) is 6.42 Å². The van der Waals surface area contributed by atoms with Crippen LogP contribution in [0.5, 0.6) is 0 Å². The van der Waals surface area contributed by atoms with Crippen LogP contribution in [0.25, 0.3) is 0 Å². The van der Waals surface area contributed by atoms with E-state index in [4.69, 9.17) is 9.31 Å². The van der Waals surface area contributed by atoms with Crippen LogP contribution in [0.3, 0.4) is 0 Å². The molecule has 0 radical (unpaired) electrons. The van der Waals surface area contributed by atoms with Crippen LogP contribution in [0.1, 0.15) is 6.42 Å². The third-order valence-corrected chi connectivity index (χ3v) is 1.05. The molecule has 0 aromatic heterocycles. The van der Waals surface area contributed by atoms with E-state index < -0.39 is 0 Å². The van der Waals surface area contributed by atoms with E-state index in [9.17, 15) is 0 Å². The Labute approximate surface area is 49.6 Å². The molecular weight excluding hydrogens is 103 g/mol. The molecule has 1 rings (SSSR count). The summed E-state index contributed by atoms with van der Waals surface area (Å²) in [5, 5.41) is 0. The van der Waals surface area contributed by atoms with Gasteiger partial charge in [-0.2, -0.15) is 0 Å². The van der Waals surface area contributed by atoms with Gasteiger partial charge in [0.2, 0.25) is 0 Å². The zero-order valence-corrected chi connectivity index (χ0v) is 4.80. The monoisotopic (exact) mass is 112 g/mol. The van der Waals surface area contributed by atoms with E-state index in [0.29, 0.717) is 0 Å². The maximum Gasteiger partial charge on any atom is 0.485 e. The second-order valence-corrected chi connectivity index (χ2v) is 1.70. The Balaban J connectivity index is 2.22. The quantitative estimate of drug-likeness (QED) is 0.463. The minimum atomic E-state index is -0.149. The second kappa shape index (κ2) is 2.90. The Morgan fingerprint density at radius 2 is 2.00 bits per heavy atom. The number of hydrogen-bond acceptors (Lipinski definition) is 2. The molecule has 44 valence electrons. The van der Waals surface area contributed by atoms with Gasteiger partial charge in [-0.25, -0.2) is 0 Å². The van der Waals surface area contributed by atoms with Crippen molar-refractivity contribution in [1.29, 1.82) is 0 Å². The third-order valence-electron chi connectivity index (χ3n) is 1.05. The lowest BCUT2D eigenvalue weighted by Crippen LogP contribution is -2.27. The van der Waals surface area contributed by atoms with Crippen LogP contribution in [0.15, 0.2) is 12.6 Å². The van der Waals surface area contributed by atoms with Crippen molar-refractivity contribution in [2.45, 2.75) is 6.42 Å². The van der Waals surface area contributed by atoms with Crippen molar-refractivity contribution >= 4 is 7.12 Å². The molecule has 2 nitrogen and oxygen atoms in total. The zero-order chi connectivity index (χ0) is 5.82. The van der Waals surface area contributed by atoms with E-state index in [2.05, 4.69) is 6.58 Å². The molecule has 1 heterocycles. The second-order valence-electron chi connectivity index (χ2n) is 1.70. The van der Waals surface area contributed by atoms with E-state index >= 15 is 0 Å². The Hall–Kier alpha value is -0.275. The van der Waals surface area contributed by atoms with Crippen LogP contribution in [0, 0.1) is 0 Å². The fourth-order valence-corrected chi connectivity index (χ4v) is 0.642. The zero-order valence-electron chi connectivity index (χ0n) is 4.80. The molecule has 1 saturated heterocycles. The summed E-state index contributed by atoms with van der Waals surface area (Å²) in [7, 11) is -0.149. The molecule has 0 bridgehead atoms. The summed E-state index contributed by atoms with van der Waals surface area (Å²) in [6.45, 7) is 5.14. The minimum absolute atomic E-state index is 0.149. The number of rotatable bonds is 1. The van der Waals surface area contributed by atoms with Gasteiger partial charge in [0.15, 0.2) is 0 Å². The van der Waals surface area contributed by atoms with Crippen molar-refractivity contribution in [2.75, 3.05) is 13.2 Å². The lowest BCUT2D eigenvalue weighted by Gasteiger charge is -2.15. The van der Waals surface area contributed by atoms with Gasteiger partial charge in [0.05, 0.1) is 0 Å². The molecule has 0 aromatic rings. The molecule has 0 aromatic carbocycles. The Morgan fingerprint density at radius 1 is 1.38 bits per heavy atom. The van der Waals surface area contributed by atoms with Crippen LogP contribution in [-0.2, 0) is 9.31 Å². The third kappa shape index (κ3) is 1.35. The maximum atomic E-state index is 5.09. The molecule has 0 N–H and O–H groups in total. The van der Waals surface area contributed by atoms with Crippen LogP contribution in [0.2, 0.25) is 0 Å². The van der Waals surface area contributed by atoms with E-state index in [-0.39, 0.29) is 7.12 Å². The maximum absolute atomic E-state index is 5.09. The van der Waals surface area contributed by atoms with Crippen molar-refractivity contribution in [3.63, 3.8) is 0 Å². The molecule has 1 aliphatic rings. The lowest BCUT2D eigenvalue weighted by molar-refractivity contribution is 0.142. The molecule has 1 aliphatic heterocycles. The van der Waals surface area contributed by atoms with Crippen molar-refractivity contribution in [1.82, 2.24) is 0 Å². The molecule has 0 atom stereocenters. The first-order valence-electron chi connectivity index (χ1n) is 2.79. The number of hydrogen-bond donors (Lipinski definition) is 0. The molecule has 0 spiro atoms. The van der Waals surface area contributed by atoms with E-state index in [0.717, 1.165) is 19.6 Å². The first-order valence-corrected chi connectivity index (χ1v) is 2.79. The van der Waals surface area contributed by atoms with E-state index in [1.807, 2.05) is 0 Å². The fourth-order valence-electron chi connectivity index (χ4n) is 0.642. The first kappa shape index (κ1) is 5.85. The molecular formula is C5H9BO2. The molecule has 3 heteroatoms. The van der Waals surface area contributed by atoms with Crippen LogP contribution < -0.4 is 0 Å². The Kier molecular flexibility index (Phi) is 2.12. The molecule has 0 aliphatic carbocycles. The van der Waals surface area contributed by atoms with E-state index in [1.54, 1.807) is 5.98 Å². The Bertz CT molecular complexity index is 78.5. The average Bonchev–Trinajstić information content (AvgIpc) is 1.90. The normalized spacial score (nSPS) is 20.8. The summed E-state index contributed by atoms with van der Waals surface area (Å²) in [6.07, 6.45) is 1.00. The Morgan fingerprint density at radius 3 is 2.38 bits per heavy atom. The summed E-state index contributed by atoms with van der Waals surface area (Å²) in [5.74, 6) is 1.67. The van der Waals surface area contributed by atoms with Gasteiger partial charge < -0.3 is 9.31 Å². The predicted octanol–water partition coefficient (Wildman–Crippen LogP) is 0.637. The van der Waals surface area contributed by atoms with Gasteiger partial charge in [-0.1, -0.05) is 5.98 Å². The van der Waals surface area contributed by atoms with Crippen molar-refractivity contribution in [2.24, 2.45) is 0 Å². The highest BCUT2D eigenvalue weighted by atomic mass is 16.6. The molecule has 1 fully saturated rings. The van der Waals surface area contributed by atoms with Gasteiger partial charge in [0, 0.05) is 13.2 Å². The van der Waals surface area contributed by atoms with Crippen LogP contribution in [0.4, 0.5) is 0 Å². The summed E-state index contributed by atoms with van der Waals surface area (Å²) in [5.41, 5.74) is 0. The van der Waals surface area contributed by atoms with Gasteiger partial charge in [0.25, 0.3) is 0 Å². The lowest BCUT2D eigenvalue weighted by atomic mass is 9.90. The van der Waals surface area contributed by atoms with Gasteiger partial charge in [-0.3, -0.25) is 0 Å². The van der Waals surface area contributed by atoms with Crippen molar-refractivity contribution in [3.8, 4) is 0 Å². The first-order chi connectivity index (χ1) is 3.93. The smallest absolute Gasteiger partial charge is 0.408 e. The highest BCUT2D eigenvalue weighted by Crippen LogP contribution is 1.99. The standard InChI is InChI=1S/C5H9BO2/c1-2-6-7-4-3-5-8-6/h2H,1,3-5H2. The summed E-state index contributed by atoms with van der Waals surface area (Å²) in [4.78, 5) is 0. The minimum Gasteiger partial charge on any atom is -0.408 e. The summed E-state index contributed by atoms with van der Waals surface area (Å²) in [6, 6.07) is 0. The van der Waals surface area contributed by atoms with Gasteiger partial charge >= 0.3 is 7.12 Å². The highest BCUT2D eigenvalue weighted by molar-refractivity contribution is 6.50. The summed E-state index contributed by atoms with van der Waals surface area (Å²) < 4.78 is 10.2. The summed E-state index contributed by atoms with van der Waals surface area (Å²) >= 11 is 0. The SMILES string of the molecule is C=CB1OCCCO1. The average molecular weight is 112 g/mol. The van der Waals surface area contributed by atoms with Crippen LogP contribution >= 0.6 is 0 Å². The molecule has 0 amide bonds. The predicted molar refractivity (Wildman–Crippen MR) is 32.5 cm³/mol. The fraction of sp³-hybridized carbons (Fsp3) is 0.600. The van der Waals surface area contributed by atoms with Gasteiger partial charge in [-0.15, -0.1) is 6.58 Å². The van der Waals surface area contributed by atoms with E-state index in [1.165, 1.54) is 0 Å². The molecule has 0 unspecified atom stereocenters.